The number of rotatable bonds is 6. The van der Waals surface area contributed by atoms with Crippen LogP contribution in [0, 0.1) is 0 Å². The van der Waals surface area contributed by atoms with Crippen LogP contribution in [0.5, 0.6) is 11.8 Å². The predicted molar refractivity (Wildman–Crippen MR) is 88.6 cm³/mol. The Morgan fingerprint density at radius 1 is 1.21 bits per heavy atom. The van der Waals surface area contributed by atoms with Gasteiger partial charge < -0.3 is 19.5 Å². The van der Waals surface area contributed by atoms with Gasteiger partial charge in [-0.05, 0) is 12.1 Å². The third kappa shape index (κ3) is 3.51. The number of esters is 1. The summed E-state index contributed by atoms with van der Waals surface area (Å²) in [5, 5.41) is 10.3. The SMILES string of the molecule is C=CC(=O)Nc1cc(-c2cc(OC)nnc2OC)sc1C(=O)OC. The van der Waals surface area contributed by atoms with Crippen LogP contribution in [-0.2, 0) is 9.53 Å². The molecule has 0 atom stereocenters. The summed E-state index contributed by atoms with van der Waals surface area (Å²) < 4.78 is 15.0. The zero-order valence-electron chi connectivity index (χ0n) is 13.3. The van der Waals surface area contributed by atoms with Crippen molar-refractivity contribution in [3.05, 3.63) is 29.7 Å². The topological polar surface area (TPSA) is 99.6 Å². The molecular weight excluding hydrogens is 334 g/mol. The summed E-state index contributed by atoms with van der Waals surface area (Å²) in [6.07, 6.45) is 1.11. The van der Waals surface area contributed by atoms with Crippen molar-refractivity contribution in [1.29, 1.82) is 0 Å². The van der Waals surface area contributed by atoms with E-state index in [4.69, 9.17) is 14.2 Å². The molecular formula is C15H15N3O5S. The Balaban J connectivity index is 2.57. The van der Waals surface area contributed by atoms with Crippen molar-refractivity contribution >= 4 is 28.9 Å². The number of amides is 1. The van der Waals surface area contributed by atoms with E-state index in [1.165, 1.54) is 21.3 Å². The molecule has 24 heavy (non-hydrogen) atoms. The molecule has 2 aromatic heterocycles. The first-order valence-corrected chi connectivity index (χ1v) is 7.47. The van der Waals surface area contributed by atoms with Gasteiger partial charge >= 0.3 is 5.97 Å². The standard InChI is InChI=1S/C15H15N3O5S/c1-5-11(19)16-9-7-10(24-13(9)15(20)23-4)8-6-12(21-2)17-18-14(8)22-3/h5-7H,1H2,2-4H3,(H,16,19). The second-order valence-electron chi connectivity index (χ2n) is 4.35. The first-order chi connectivity index (χ1) is 11.5. The van der Waals surface area contributed by atoms with Gasteiger partial charge in [0.25, 0.3) is 0 Å². The average molecular weight is 349 g/mol. The molecule has 2 rings (SSSR count). The molecule has 0 aromatic carbocycles. The molecule has 9 heteroatoms. The molecule has 8 nitrogen and oxygen atoms in total. The molecule has 0 saturated carbocycles. The zero-order valence-corrected chi connectivity index (χ0v) is 14.1. The van der Waals surface area contributed by atoms with E-state index in [1.54, 1.807) is 12.1 Å². The third-order valence-corrected chi connectivity index (χ3v) is 4.10. The average Bonchev–Trinajstić information content (AvgIpc) is 3.03. The van der Waals surface area contributed by atoms with E-state index in [0.29, 0.717) is 16.1 Å². The monoisotopic (exact) mass is 349 g/mol. The molecule has 1 amide bonds. The van der Waals surface area contributed by atoms with Crippen LogP contribution in [0.4, 0.5) is 5.69 Å². The maximum atomic E-state index is 12.0. The summed E-state index contributed by atoms with van der Waals surface area (Å²) in [5.74, 6) is -0.467. The Morgan fingerprint density at radius 2 is 1.96 bits per heavy atom. The maximum Gasteiger partial charge on any atom is 0.350 e. The van der Waals surface area contributed by atoms with Gasteiger partial charge in [-0.15, -0.1) is 21.5 Å². The highest BCUT2D eigenvalue weighted by Gasteiger charge is 2.21. The van der Waals surface area contributed by atoms with Crippen LogP contribution in [0.15, 0.2) is 24.8 Å². The smallest absolute Gasteiger partial charge is 0.350 e. The highest BCUT2D eigenvalue weighted by atomic mass is 32.1. The van der Waals surface area contributed by atoms with Crippen molar-refractivity contribution in [2.24, 2.45) is 0 Å². The number of hydrogen-bond donors (Lipinski definition) is 1. The molecule has 0 aliphatic heterocycles. The second kappa shape index (κ2) is 7.55. The normalized spacial score (nSPS) is 9.96. The van der Waals surface area contributed by atoms with Gasteiger partial charge in [-0.3, -0.25) is 4.79 Å². The minimum absolute atomic E-state index is 0.237. The van der Waals surface area contributed by atoms with Gasteiger partial charge in [0, 0.05) is 10.9 Å². The molecule has 0 aliphatic carbocycles. The summed E-state index contributed by atoms with van der Waals surface area (Å²) in [5.41, 5.74) is 0.878. The number of carbonyl (C=O) groups excluding carboxylic acids is 2. The van der Waals surface area contributed by atoms with Gasteiger partial charge in [-0.25, -0.2) is 4.79 Å². The van der Waals surface area contributed by atoms with Gasteiger partial charge in [-0.2, -0.15) is 0 Å². The number of ether oxygens (including phenoxy) is 3. The zero-order chi connectivity index (χ0) is 17.7. The molecule has 0 bridgehead atoms. The number of anilines is 1. The van der Waals surface area contributed by atoms with E-state index < -0.39 is 11.9 Å². The molecule has 0 spiro atoms. The fourth-order valence-corrected chi connectivity index (χ4v) is 2.87. The van der Waals surface area contributed by atoms with Crippen LogP contribution in [0.25, 0.3) is 10.4 Å². The van der Waals surface area contributed by atoms with Crippen molar-refractivity contribution < 1.29 is 23.8 Å². The van der Waals surface area contributed by atoms with E-state index in [9.17, 15) is 9.59 Å². The first kappa shape index (κ1) is 17.4. The van der Waals surface area contributed by atoms with Crippen LogP contribution in [0.3, 0.4) is 0 Å². The molecule has 1 N–H and O–H groups in total. The number of hydrogen-bond acceptors (Lipinski definition) is 8. The van der Waals surface area contributed by atoms with Gasteiger partial charge in [0.05, 0.1) is 32.6 Å². The number of methoxy groups -OCH3 is 3. The van der Waals surface area contributed by atoms with Crippen LogP contribution in [0.1, 0.15) is 9.67 Å². The van der Waals surface area contributed by atoms with E-state index in [-0.39, 0.29) is 16.6 Å². The molecule has 0 unspecified atom stereocenters. The lowest BCUT2D eigenvalue weighted by atomic mass is 10.2. The lowest BCUT2D eigenvalue weighted by molar-refractivity contribution is -0.111. The summed E-state index contributed by atoms with van der Waals surface area (Å²) in [6, 6.07) is 3.25. The van der Waals surface area contributed by atoms with Gasteiger partial charge in [-0.1, -0.05) is 6.58 Å². The molecule has 0 saturated heterocycles. The first-order valence-electron chi connectivity index (χ1n) is 6.65. The Morgan fingerprint density at radius 3 is 2.54 bits per heavy atom. The number of nitrogens with zero attached hydrogens (tertiary/aromatic N) is 2. The summed E-state index contributed by atoms with van der Waals surface area (Å²) >= 11 is 1.12. The van der Waals surface area contributed by atoms with Gasteiger partial charge in [0.1, 0.15) is 4.88 Å². The quantitative estimate of drug-likeness (QED) is 0.630. The Hall–Kier alpha value is -2.94. The summed E-state index contributed by atoms with van der Waals surface area (Å²) in [6.45, 7) is 3.39. The van der Waals surface area contributed by atoms with Crippen molar-refractivity contribution in [1.82, 2.24) is 10.2 Å². The Kier molecular flexibility index (Phi) is 5.48. The van der Waals surface area contributed by atoms with Crippen molar-refractivity contribution in [3.63, 3.8) is 0 Å². The van der Waals surface area contributed by atoms with E-state index >= 15 is 0 Å². The fraction of sp³-hybridized carbons (Fsp3) is 0.200. The maximum absolute atomic E-state index is 12.0. The number of nitrogens with one attached hydrogen (secondary N) is 1. The van der Waals surface area contributed by atoms with Gasteiger partial charge in [0.2, 0.25) is 17.7 Å². The lowest BCUT2D eigenvalue weighted by Gasteiger charge is -2.06. The molecule has 126 valence electrons. The molecule has 0 aliphatic rings. The molecule has 0 fully saturated rings. The lowest BCUT2D eigenvalue weighted by Crippen LogP contribution is -2.10. The van der Waals surface area contributed by atoms with E-state index in [2.05, 4.69) is 22.1 Å². The number of thiophene rings is 1. The van der Waals surface area contributed by atoms with Crippen LogP contribution in [-0.4, -0.2) is 43.4 Å². The van der Waals surface area contributed by atoms with Crippen molar-refractivity contribution in [3.8, 4) is 22.2 Å². The Bertz CT molecular complexity index is 787. The minimum Gasteiger partial charge on any atom is -0.480 e. The molecule has 2 aromatic rings. The number of carbonyl (C=O) groups is 2. The van der Waals surface area contributed by atoms with Crippen LogP contribution < -0.4 is 14.8 Å². The van der Waals surface area contributed by atoms with Crippen LogP contribution in [0.2, 0.25) is 0 Å². The Labute approximate surface area is 142 Å². The second-order valence-corrected chi connectivity index (χ2v) is 5.40. The van der Waals surface area contributed by atoms with Gasteiger partial charge in [0.15, 0.2) is 0 Å². The van der Waals surface area contributed by atoms with Crippen molar-refractivity contribution in [2.45, 2.75) is 0 Å². The minimum atomic E-state index is -0.571. The fourth-order valence-electron chi connectivity index (χ4n) is 1.83. The largest absolute Gasteiger partial charge is 0.480 e. The van der Waals surface area contributed by atoms with Crippen molar-refractivity contribution in [2.75, 3.05) is 26.6 Å². The van der Waals surface area contributed by atoms with Crippen LogP contribution >= 0.6 is 11.3 Å². The predicted octanol–water partition coefficient (Wildman–Crippen LogP) is 2.13. The highest BCUT2D eigenvalue weighted by molar-refractivity contribution is 7.18. The molecule has 0 radical (unpaired) electrons. The third-order valence-electron chi connectivity index (χ3n) is 2.95. The van der Waals surface area contributed by atoms with E-state index in [0.717, 1.165) is 17.4 Å². The highest BCUT2D eigenvalue weighted by Crippen LogP contribution is 2.39. The molecule has 2 heterocycles. The summed E-state index contributed by atoms with van der Waals surface area (Å²) in [4.78, 5) is 24.4. The summed E-state index contributed by atoms with van der Waals surface area (Å²) in [7, 11) is 4.18. The number of aromatic nitrogens is 2. The van der Waals surface area contributed by atoms with E-state index in [1.807, 2.05) is 0 Å².